The number of methoxy groups -OCH3 is 1. The Morgan fingerprint density at radius 2 is 1.76 bits per heavy atom. The van der Waals surface area contributed by atoms with Crippen molar-refractivity contribution in [3.63, 3.8) is 0 Å². The highest BCUT2D eigenvalue weighted by atomic mass is 19.2. The number of nitrogens with zero attached hydrogens (tertiary/aromatic N) is 2. The van der Waals surface area contributed by atoms with Crippen molar-refractivity contribution in [2.24, 2.45) is 27.5 Å². The Hall–Kier alpha value is -3.88. The molecule has 9 heteroatoms. The fourth-order valence-corrected chi connectivity index (χ4v) is 7.51. The van der Waals surface area contributed by atoms with Crippen molar-refractivity contribution in [3.8, 4) is 17.2 Å². The zero-order chi connectivity index (χ0) is 29.6. The topological polar surface area (TPSA) is 63.4 Å². The molecule has 0 heterocycles. The highest BCUT2D eigenvalue weighted by Gasteiger charge is 2.53. The molecule has 0 radical (unpaired) electrons. The van der Waals surface area contributed by atoms with E-state index >= 15 is 0 Å². The molecule has 0 unspecified atom stereocenters. The van der Waals surface area contributed by atoms with Gasteiger partial charge in [0.1, 0.15) is 18.1 Å². The molecule has 6 rings (SSSR count). The molecule has 220 valence electrons. The first-order valence-electron chi connectivity index (χ1n) is 14.2. The van der Waals surface area contributed by atoms with Gasteiger partial charge in [-0.25, -0.2) is 8.78 Å². The molecule has 3 aliphatic carbocycles. The fourth-order valence-electron chi connectivity index (χ4n) is 7.51. The molecule has 0 saturated heterocycles. The second kappa shape index (κ2) is 11.1. The van der Waals surface area contributed by atoms with Crippen molar-refractivity contribution in [1.29, 1.82) is 0 Å². The van der Waals surface area contributed by atoms with E-state index in [0.717, 1.165) is 44.2 Å². The molecule has 2 fully saturated rings. The summed E-state index contributed by atoms with van der Waals surface area (Å²) in [5.74, 6) is -5.06. The summed E-state index contributed by atoms with van der Waals surface area (Å²) < 4.78 is 65.8. The number of hydrogen-bond acceptors (Lipinski definition) is 5. The molecule has 3 aromatic carbocycles. The van der Waals surface area contributed by atoms with E-state index in [1.165, 1.54) is 18.2 Å². The van der Waals surface area contributed by atoms with Gasteiger partial charge in [0.2, 0.25) is 11.6 Å². The Labute approximate surface area is 241 Å². The molecule has 0 amide bonds. The summed E-state index contributed by atoms with van der Waals surface area (Å²) in [6.07, 6.45) is 7.79. The lowest BCUT2D eigenvalue weighted by molar-refractivity contribution is 0.0955. The van der Waals surface area contributed by atoms with Gasteiger partial charge in [-0.05, 0) is 103 Å². The number of phenols is 1. The molecule has 3 aliphatic rings. The third-order valence-corrected chi connectivity index (χ3v) is 9.58. The van der Waals surface area contributed by atoms with Gasteiger partial charge < -0.3 is 14.6 Å². The molecule has 3 aromatic rings. The van der Waals surface area contributed by atoms with Gasteiger partial charge in [-0.15, -0.1) is 0 Å². The molecule has 42 heavy (non-hydrogen) atoms. The van der Waals surface area contributed by atoms with Crippen molar-refractivity contribution in [2.45, 2.75) is 58.0 Å². The van der Waals surface area contributed by atoms with Gasteiger partial charge in [0.15, 0.2) is 17.4 Å². The van der Waals surface area contributed by atoms with Crippen LogP contribution in [0, 0.1) is 40.5 Å². The third-order valence-electron chi connectivity index (χ3n) is 9.58. The van der Waals surface area contributed by atoms with E-state index in [4.69, 9.17) is 9.47 Å². The predicted octanol–water partition coefficient (Wildman–Crippen LogP) is 7.87. The van der Waals surface area contributed by atoms with Crippen LogP contribution in [0.2, 0.25) is 0 Å². The van der Waals surface area contributed by atoms with Gasteiger partial charge in [0, 0.05) is 22.8 Å². The summed E-state index contributed by atoms with van der Waals surface area (Å²) in [6, 6.07) is 11.0. The van der Waals surface area contributed by atoms with Crippen molar-refractivity contribution in [2.75, 3.05) is 7.11 Å². The molecule has 0 spiro atoms. The van der Waals surface area contributed by atoms with Gasteiger partial charge in [-0.1, -0.05) is 13.0 Å². The quantitative estimate of drug-likeness (QED) is 0.140. The summed E-state index contributed by atoms with van der Waals surface area (Å²) in [5, 5.41) is 19.0. The number of phenolic OH excluding ortho intramolecular Hbond substituents is 1. The van der Waals surface area contributed by atoms with Crippen LogP contribution in [0.4, 0.5) is 17.6 Å². The summed E-state index contributed by atoms with van der Waals surface area (Å²) in [4.78, 5) is 0. The lowest BCUT2D eigenvalue weighted by atomic mass is 9.55. The summed E-state index contributed by atoms with van der Waals surface area (Å²) in [7, 11) is 1.43. The maximum atomic E-state index is 14.1. The first-order chi connectivity index (χ1) is 20.2. The average molecular weight is 581 g/mol. The lowest BCUT2D eigenvalue weighted by Gasteiger charge is -2.49. The van der Waals surface area contributed by atoms with Crippen molar-refractivity contribution < 1.29 is 32.1 Å². The lowest BCUT2D eigenvalue weighted by Crippen LogP contribution is -2.42. The number of rotatable bonds is 6. The third kappa shape index (κ3) is 4.92. The van der Waals surface area contributed by atoms with Gasteiger partial charge in [0.25, 0.3) is 0 Å². The second-order valence-corrected chi connectivity index (χ2v) is 11.7. The van der Waals surface area contributed by atoms with Crippen LogP contribution >= 0.6 is 0 Å². The van der Waals surface area contributed by atoms with Gasteiger partial charge in [-0.2, -0.15) is 19.0 Å². The molecule has 5 nitrogen and oxygen atoms in total. The minimum atomic E-state index is -1.60. The van der Waals surface area contributed by atoms with Gasteiger partial charge in [-0.3, -0.25) is 0 Å². The molecule has 0 aliphatic heterocycles. The Balaban J connectivity index is 1.18. The number of halogens is 4. The van der Waals surface area contributed by atoms with E-state index < -0.39 is 29.0 Å². The first-order valence-corrected chi connectivity index (χ1v) is 14.2. The van der Waals surface area contributed by atoms with E-state index in [9.17, 15) is 22.7 Å². The zero-order valence-corrected chi connectivity index (χ0v) is 23.5. The van der Waals surface area contributed by atoms with Crippen LogP contribution < -0.4 is 9.47 Å². The maximum absolute atomic E-state index is 14.1. The standard InChI is InChI=1S/C33H32F4N2O3/c1-33-12-11-23-22-7-5-21(40)14-19(22)4-6-24(23)25(33)8-10-29(33)39-38-16-18-3-9-28(41-2)20(13-18)17-42-32-30(36)26(34)15-27(35)31(32)37/h3,5,7,9,13-16,23-25,40H,4,6,8,10-12,17H2,1-2H3/b38-16-,39-29-/t23-,24-,25-,33+/m0/s1. The molecule has 4 atom stereocenters. The van der Waals surface area contributed by atoms with E-state index in [1.807, 2.05) is 6.07 Å². The average Bonchev–Trinajstić information content (AvgIpc) is 3.32. The Morgan fingerprint density at radius 1 is 0.976 bits per heavy atom. The summed E-state index contributed by atoms with van der Waals surface area (Å²) in [5.41, 5.74) is 4.83. The van der Waals surface area contributed by atoms with Crippen molar-refractivity contribution >= 4 is 11.9 Å². The van der Waals surface area contributed by atoms with E-state index in [2.05, 4.69) is 23.2 Å². The zero-order valence-electron chi connectivity index (χ0n) is 23.5. The second-order valence-electron chi connectivity index (χ2n) is 11.7. The summed E-state index contributed by atoms with van der Waals surface area (Å²) >= 11 is 0. The predicted molar refractivity (Wildman–Crippen MR) is 151 cm³/mol. The Morgan fingerprint density at radius 3 is 2.52 bits per heavy atom. The van der Waals surface area contributed by atoms with Crippen molar-refractivity contribution in [1.82, 2.24) is 0 Å². The van der Waals surface area contributed by atoms with Crippen LogP contribution in [0.5, 0.6) is 17.2 Å². The highest BCUT2D eigenvalue weighted by Crippen LogP contribution is 2.60. The number of hydrogen-bond donors (Lipinski definition) is 1. The number of aryl methyl sites for hydroxylation is 1. The Bertz CT molecular complexity index is 1560. The van der Waals surface area contributed by atoms with E-state index in [0.29, 0.717) is 40.4 Å². The molecular weight excluding hydrogens is 548 g/mol. The Kier molecular flexibility index (Phi) is 7.45. The van der Waals surface area contributed by atoms with Crippen LogP contribution in [-0.4, -0.2) is 24.1 Å². The smallest absolute Gasteiger partial charge is 0.203 e. The van der Waals surface area contributed by atoms with Gasteiger partial charge in [0.05, 0.1) is 13.3 Å². The van der Waals surface area contributed by atoms with E-state index in [1.54, 1.807) is 30.5 Å². The maximum Gasteiger partial charge on any atom is 0.203 e. The minimum Gasteiger partial charge on any atom is -0.508 e. The monoisotopic (exact) mass is 580 g/mol. The molecular formula is C33H32F4N2O3. The van der Waals surface area contributed by atoms with Crippen LogP contribution in [-0.2, 0) is 13.0 Å². The first kappa shape index (κ1) is 28.2. The van der Waals surface area contributed by atoms with Crippen LogP contribution in [0.25, 0.3) is 0 Å². The van der Waals surface area contributed by atoms with Crippen molar-refractivity contribution in [3.05, 3.63) is 88.0 Å². The van der Waals surface area contributed by atoms with E-state index in [-0.39, 0.29) is 18.1 Å². The molecule has 2 saturated carbocycles. The SMILES string of the molecule is COc1ccc(/C=N\N=C2\CC[C@H]3[C@H]4CCc5cc(O)ccc5[C@@H]4CC[C@@]23C)cc1COc1c(F)c(F)cc(F)c1F. The normalized spacial score (nSPS) is 25.8. The number of ether oxygens (including phenoxy) is 2. The van der Waals surface area contributed by atoms with Crippen LogP contribution in [0.1, 0.15) is 67.2 Å². The van der Waals surface area contributed by atoms with Crippen LogP contribution in [0.15, 0.2) is 52.7 Å². The molecule has 1 N–H and O–H groups in total. The minimum absolute atomic E-state index is 0.0137. The highest BCUT2D eigenvalue weighted by molar-refractivity contribution is 5.93. The molecule has 0 bridgehead atoms. The fraction of sp³-hybridized carbons (Fsp3) is 0.394. The summed E-state index contributed by atoms with van der Waals surface area (Å²) in [6.45, 7) is 1.93. The number of fused-ring (bicyclic) bond motifs is 5. The molecule has 0 aromatic heterocycles. The number of benzene rings is 3. The van der Waals surface area contributed by atoms with Crippen LogP contribution in [0.3, 0.4) is 0 Å². The van der Waals surface area contributed by atoms with Gasteiger partial charge >= 0.3 is 0 Å². The largest absolute Gasteiger partial charge is 0.508 e. The number of aromatic hydroxyl groups is 1.